The van der Waals surface area contributed by atoms with E-state index in [0.29, 0.717) is 0 Å². The van der Waals surface area contributed by atoms with Crippen LogP contribution in [0.4, 0.5) is 0 Å². The first-order valence-corrected chi connectivity index (χ1v) is 6.34. The van der Waals surface area contributed by atoms with Gasteiger partial charge in [0.1, 0.15) is 0 Å². The van der Waals surface area contributed by atoms with Crippen molar-refractivity contribution in [3.8, 4) is 0 Å². The Kier molecular flexibility index (Phi) is 5.50. The van der Waals surface area contributed by atoms with E-state index < -0.39 is 0 Å². The molecule has 0 aromatic heterocycles. The Balaban J connectivity index is 1.96. The van der Waals surface area contributed by atoms with Crippen LogP contribution in [0.15, 0.2) is 0 Å². The van der Waals surface area contributed by atoms with Crippen molar-refractivity contribution in [3.63, 3.8) is 0 Å². The Morgan fingerprint density at radius 1 is 1.36 bits per heavy atom. The average Bonchev–Trinajstić information content (AvgIpc) is 2.07. The molecule has 11 heavy (non-hydrogen) atoms. The molecule has 3 heteroatoms. The minimum absolute atomic E-state index is 0.815. The molecule has 0 unspecified atom stereocenters. The summed E-state index contributed by atoms with van der Waals surface area (Å²) in [4.78, 5) is 0. The first-order chi connectivity index (χ1) is 5.43. The molecule has 1 saturated heterocycles. The highest BCUT2D eigenvalue weighted by Gasteiger charge is 2.13. The van der Waals surface area contributed by atoms with Crippen molar-refractivity contribution >= 4 is 23.5 Å². The van der Waals surface area contributed by atoms with Crippen molar-refractivity contribution in [1.82, 2.24) is 0 Å². The number of ether oxygens (including phenoxy) is 1. The van der Waals surface area contributed by atoms with Gasteiger partial charge in [-0.1, -0.05) is 0 Å². The molecule has 1 aliphatic heterocycles. The average molecular weight is 192 g/mol. The van der Waals surface area contributed by atoms with E-state index in [1.807, 2.05) is 0 Å². The zero-order chi connectivity index (χ0) is 7.94. The third-order valence-electron chi connectivity index (χ3n) is 1.60. The summed E-state index contributed by atoms with van der Waals surface area (Å²) >= 11 is 4.19. The molecule has 1 rings (SSSR count). The van der Waals surface area contributed by atoms with Crippen LogP contribution in [-0.2, 0) is 4.74 Å². The lowest BCUT2D eigenvalue weighted by atomic mass is 10.5. The fourth-order valence-electron chi connectivity index (χ4n) is 1.03. The maximum atomic E-state index is 5.31. The fraction of sp³-hybridized carbons (Fsp3) is 1.00. The van der Waals surface area contributed by atoms with Crippen molar-refractivity contribution in [2.45, 2.75) is 24.3 Å². The molecule has 0 aromatic rings. The van der Waals surface area contributed by atoms with Gasteiger partial charge in [0, 0.05) is 13.2 Å². The van der Waals surface area contributed by atoms with Crippen LogP contribution >= 0.6 is 23.5 Å². The first-order valence-electron chi connectivity index (χ1n) is 4.24. The maximum absolute atomic E-state index is 5.31. The van der Waals surface area contributed by atoms with Crippen molar-refractivity contribution < 1.29 is 4.74 Å². The van der Waals surface area contributed by atoms with E-state index in [-0.39, 0.29) is 0 Å². The van der Waals surface area contributed by atoms with E-state index in [4.69, 9.17) is 4.74 Å². The van der Waals surface area contributed by atoms with E-state index in [0.717, 1.165) is 17.8 Å². The predicted octanol–water partition coefficient (Wildman–Crippen LogP) is 2.61. The van der Waals surface area contributed by atoms with Crippen LogP contribution in [0.2, 0.25) is 0 Å². The van der Waals surface area contributed by atoms with E-state index in [2.05, 4.69) is 30.4 Å². The van der Waals surface area contributed by atoms with Gasteiger partial charge in [-0.05, 0) is 31.3 Å². The Morgan fingerprint density at radius 2 is 2.09 bits per heavy atom. The summed E-state index contributed by atoms with van der Waals surface area (Å²) in [5.74, 6) is 2.70. The second kappa shape index (κ2) is 6.21. The fourth-order valence-corrected chi connectivity index (χ4v) is 3.85. The maximum Gasteiger partial charge on any atom is 0.0524 e. The summed E-state index contributed by atoms with van der Waals surface area (Å²) in [6, 6.07) is 0. The van der Waals surface area contributed by atoms with Gasteiger partial charge in [0.05, 0.1) is 4.58 Å². The van der Waals surface area contributed by atoms with Crippen molar-refractivity contribution in [3.05, 3.63) is 0 Å². The van der Waals surface area contributed by atoms with Crippen molar-refractivity contribution in [2.24, 2.45) is 0 Å². The van der Waals surface area contributed by atoms with E-state index >= 15 is 0 Å². The van der Waals surface area contributed by atoms with Gasteiger partial charge >= 0.3 is 0 Å². The molecule has 0 atom stereocenters. The second-order valence-corrected chi connectivity index (χ2v) is 5.43. The van der Waals surface area contributed by atoms with Crippen LogP contribution in [0.25, 0.3) is 0 Å². The predicted molar refractivity (Wildman–Crippen MR) is 54.4 cm³/mol. The highest BCUT2D eigenvalue weighted by atomic mass is 32.2. The van der Waals surface area contributed by atoms with E-state index in [1.54, 1.807) is 0 Å². The van der Waals surface area contributed by atoms with Crippen LogP contribution in [0.3, 0.4) is 0 Å². The second-order valence-electron chi connectivity index (χ2n) is 2.51. The molecule has 0 N–H and O–H groups in total. The summed E-state index contributed by atoms with van der Waals surface area (Å²) < 4.78 is 6.12. The van der Waals surface area contributed by atoms with Gasteiger partial charge in [-0.15, -0.1) is 23.5 Å². The molecule has 0 saturated carbocycles. The van der Waals surface area contributed by atoms with Gasteiger partial charge in [-0.25, -0.2) is 0 Å². The summed E-state index contributed by atoms with van der Waals surface area (Å²) in [5, 5.41) is 0. The Labute approximate surface area is 77.6 Å². The zero-order valence-corrected chi connectivity index (χ0v) is 8.68. The summed E-state index contributed by atoms with van der Waals surface area (Å²) in [6.45, 7) is 3.87. The van der Waals surface area contributed by atoms with Crippen LogP contribution in [0.1, 0.15) is 19.8 Å². The highest BCUT2D eigenvalue weighted by molar-refractivity contribution is 8.17. The van der Waals surface area contributed by atoms with Crippen molar-refractivity contribution in [1.29, 1.82) is 0 Å². The normalized spacial score (nSPS) is 20.5. The molecule has 0 aromatic carbocycles. The minimum atomic E-state index is 0.815. The molecule has 1 fully saturated rings. The first kappa shape index (κ1) is 9.75. The van der Waals surface area contributed by atoms with Crippen LogP contribution in [0, 0.1) is 0 Å². The smallest absolute Gasteiger partial charge is 0.0524 e. The molecular weight excluding hydrogens is 176 g/mol. The number of hydrogen-bond acceptors (Lipinski definition) is 3. The molecule has 1 aliphatic rings. The summed E-state index contributed by atoms with van der Waals surface area (Å²) in [7, 11) is 0. The molecule has 0 spiro atoms. The Morgan fingerprint density at radius 3 is 2.73 bits per heavy atom. The van der Waals surface area contributed by atoms with E-state index in [1.165, 1.54) is 24.3 Å². The Hall–Kier alpha value is 0.660. The number of thioether (sulfide) groups is 2. The van der Waals surface area contributed by atoms with E-state index in [9.17, 15) is 0 Å². The highest BCUT2D eigenvalue weighted by Crippen LogP contribution is 2.32. The molecule has 0 amide bonds. The number of rotatable bonds is 4. The lowest BCUT2D eigenvalue weighted by Gasteiger charge is -2.20. The van der Waals surface area contributed by atoms with Crippen LogP contribution in [-0.4, -0.2) is 29.3 Å². The molecule has 1 nitrogen and oxygen atoms in total. The van der Waals surface area contributed by atoms with Crippen LogP contribution in [0.5, 0.6) is 0 Å². The quantitative estimate of drug-likeness (QED) is 0.634. The van der Waals surface area contributed by atoms with Gasteiger partial charge in [0.2, 0.25) is 0 Å². The molecular formula is C8H16OS2. The van der Waals surface area contributed by atoms with Crippen molar-refractivity contribution in [2.75, 3.05) is 24.7 Å². The largest absolute Gasteiger partial charge is 0.382 e. The topological polar surface area (TPSA) is 9.23 Å². The van der Waals surface area contributed by atoms with Gasteiger partial charge < -0.3 is 4.74 Å². The molecule has 1 heterocycles. The monoisotopic (exact) mass is 192 g/mol. The summed E-state index contributed by atoms with van der Waals surface area (Å²) in [6.07, 6.45) is 2.61. The molecule has 0 radical (unpaired) electrons. The Bertz CT molecular complexity index is 92.1. The minimum Gasteiger partial charge on any atom is -0.382 e. The van der Waals surface area contributed by atoms with Gasteiger partial charge in [-0.3, -0.25) is 0 Å². The molecule has 66 valence electrons. The number of hydrogen-bond donors (Lipinski definition) is 0. The SMILES string of the molecule is CCOCCC1SCCCS1. The van der Waals surface area contributed by atoms with Crippen LogP contribution < -0.4 is 0 Å². The molecule has 0 aliphatic carbocycles. The third-order valence-corrected chi connectivity index (χ3v) is 4.68. The zero-order valence-electron chi connectivity index (χ0n) is 7.04. The standard InChI is InChI=1S/C8H16OS2/c1-2-9-5-4-8-10-6-3-7-11-8/h8H,2-7H2,1H3. The van der Waals surface area contributed by atoms with Gasteiger partial charge in [0.25, 0.3) is 0 Å². The van der Waals surface area contributed by atoms with Gasteiger partial charge in [-0.2, -0.15) is 0 Å². The lowest BCUT2D eigenvalue weighted by molar-refractivity contribution is 0.148. The van der Waals surface area contributed by atoms with Gasteiger partial charge in [0.15, 0.2) is 0 Å². The lowest BCUT2D eigenvalue weighted by Crippen LogP contribution is -2.09. The molecule has 0 bridgehead atoms. The summed E-state index contributed by atoms with van der Waals surface area (Å²) in [5.41, 5.74) is 0. The third kappa shape index (κ3) is 4.28.